The van der Waals surface area contributed by atoms with Crippen LogP contribution in [0.5, 0.6) is 0 Å². The molecule has 0 radical (unpaired) electrons. The second-order valence-corrected chi connectivity index (χ2v) is 5.12. The minimum Gasteiger partial charge on any atom is -0.355 e. The van der Waals surface area contributed by atoms with Crippen LogP contribution >= 0.6 is 11.8 Å². The molecule has 1 heterocycles. The third-order valence-electron chi connectivity index (χ3n) is 2.74. The lowest BCUT2D eigenvalue weighted by Crippen LogP contribution is -2.18. The molecule has 0 aliphatic carbocycles. The van der Waals surface area contributed by atoms with Crippen LogP contribution in [0.4, 0.5) is 5.69 Å². The summed E-state index contributed by atoms with van der Waals surface area (Å²) in [6.07, 6.45) is 1.35. The van der Waals surface area contributed by atoms with Gasteiger partial charge in [0.15, 0.2) is 5.03 Å². The highest BCUT2D eigenvalue weighted by Gasteiger charge is 2.19. The Morgan fingerprint density at radius 2 is 2.10 bits per heavy atom. The van der Waals surface area contributed by atoms with E-state index < -0.39 is 10.8 Å². The average molecular weight is 303 g/mol. The minimum absolute atomic E-state index is 0.156. The van der Waals surface area contributed by atoms with E-state index in [4.69, 9.17) is 0 Å². The Labute approximate surface area is 125 Å². The summed E-state index contributed by atoms with van der Waals surface area (Å²) in [6.45, 7) is 0. The number of carbonyl (C=O) groups excluding carboxylic acids is 1. The van der Waals surface area contributed by atoms with E-state index >= 15 is 0 Å². The predicted molar refractivity (Wildman–Crippen MR) is 80.3 cm³/mol. The maximum absolute atomic E-state index is 11.5. The average Bonchev–Trinajstić information content (AvgIpc) is 2.52. The molecule has 0 fully saturated rings. The van der Waals surface area contributed by atoms with Crippen LogP contribution in [0.2, 0.25) is 0 Å². The molecule has 0 saturated heterocycles. The van der Waals surface area contributed by atoms with Crippen molar-refractivity contribution in [1.82, 2.24) is 10.3 Å². The van der Waals surface area contributed by atoms with Crippen LogP contribution in [-0.2, 0) is 5.75 Å². The van der Waals surface area contributed by atoms with Gasteiger partial charge in [-0.1, -0.05) is 42.1 Å². The third kappa shape index (κ3) is 3.79. The van der Waals surface area contributed by atoms with Crippen molar-refractivity contribution in [3.8, 4) is 0 Å². The van der Waals surface area contributed by atoms with Crippen molar-refractivity contribution < 1.29 is 9.72 Å². The molecular formula is C14H13N3O3S. The fourth-order valence-electron chi connectivity index (χ4n) is 1.68. The third-order valence-corrected chi connectivity index (χ3v) is 3.80. The van der Waals surface area contributed by atoms with E-state index in [9.17, 15) is 14.9 Å². The first-order valence-corrected chi connectivity index (χ1v) is 7.13. The second-order valence-electron chi connectivity index (χ2n) is 4.16. The molecule has 1 aromatic heterocycles. The molecule has 0 spiro atoms. The van der Waals surface area contributed by atoms with Crippen molar-refractivity contribution in [3.63, 3.8) is 0 Å². The number of carbonyl (C=O) groups is 1. The first kappa shape index (κ1) is 15.0. The van der Waals surface area contributed by atoms with Gasteiger partial charge in [0, 0.05) is 25.1 Å². The van der Waals surface area contributed by atoms with Gasteiger partial charge in [-0.2, -0.15) is 0 Å². The maximum Gasteiger partial charge on any atom is 0.302 e. The fourth-order valence-corrected chi connectivity index (χ4v) is 2.58. The Balaban J connectivity index is 2.22. The van der Waals surface area contributed by atoms with E-state index in [1.807, 2.05) is 30.3 Å². The van der Waals surface area contributed by atoms with Gasteiger partial charge in [0.25, 0.3) is 5.91 Å². The minimum atomic E-state index is -0.521. The number of thioether (sulfide) groups is 1. The molecule has 1 N–H and O–H groups in total. The molecular weight excluding hydrogens is 290 g/mol. The summed E-state index contributed by atoms with van der Waals surface area (Å²) in [5.74, 6) is 0.179. The van der Waals surface area contributed by atoms with E-state index in [1.165, 1.54) is 31.1 Å². The SMILES string of the molecule is CNC(=O)c1cnc(SCc2ccccc2)c([N+](=O)[O-])c1. The topological polar surface area (TPSA) is 85.1 Å². The summed E-state index contributed by atoms with van der Waals surface area (Å²) >= 11 is 1.27. The summed E-state index contributed by atoms with van der Waals surface area (Å²) in [5.41, 5.74) is 1.07. The Morgan fingerprint density at radius 1 is 1.38 bits per heavy atom. The highest BCUT2D eigenvalue weighted by Crippen LogP contribution is 2.30. The van der Waals surface area contributed by atoms with Gasteiger partial charge in [0.1, 0.15) is 0 Å². The second kappa shape index (κ2) is 6.85. The Kier molecular flexibility index (Phi) is 4.89. The Bertz CT molecular complexity index is 662. The van der Waals surface area contributed by atoms with Crippen LogP contribution in [0, 0.1) is 10.1 Å². The van der Waals surface area contributed by atoms with Crippen LogP contribution in [0.25, 0.3) is 0 Å². The van der Waals surface area contributed by atoms with Crippen LogP contribution < -0.4 is 5.32 Å². The van der Waals surface area contributed by atoms with Crippen molar-refractivity contribution in [2.24, 2.45) is 0 Å². The van der Waals surface area contributed by atoms with Gasteiger partial charge in [-0.3, -0.25) is 14.9 Å². The van der Waals surface area contributed by atoms with Crippen molar-refractivity contribution >= 4 is 23.4 Å². The van der Waals surface area contributed by atoms with Gasteiger partial charge in [-0.25, -0.2) is 4.98 Å². The van der Waals surface area contributed by atoms with Gasteiger partial charge in [0.05, 0.1) is 10.5 Å². The lowest BCUT2D eigenvalue weighted by molar-refractivity contribution is -0.388. The molecule has 21 heavy (non-hydrogen) atoms. The summed E-state index contributed by atoms with van der Waals surface area (Å²) < 4.78 is 0. The van der Waals surface area contributed by atoms with Crippen molar-refractivity contribution in [3.05, 3.63) is 63.8 Å². The summed E-state index contributed by atoms with van der Waals surface area (Å²) in [7, 11) is 1.46. The molecule has 2 aromatic rings. The summed E-state index contributed by atoms with van der Waals surface area (Å²) in [6, 6.07) is 10.9. The van der Waals surface area contributed by atoms with Crippen LogP contribution in [0.1, 0.15) is 15.9 Å². The van der Waals surface area contributed by atoms with Crippen molar-refractivity contribution in [2.45, 2.75) is 10.8 Å². The van der Waals surface area contributed by atoms with Crippen molar-refractivity contribution in [2.75, 3.05) is 7.05 Å². The zero-order valence-corrected chi connectivity index (χ0v) is 12.1. The van der Waals surface area contributed by atoms with Gasteiger partial charge in [-0.15, -0.1) is 0 Å². The van der Waals surface area contributed by atoms with Crippen LogP contribution in [-0.4, -0.2) is 22.9 Å². The summed E-state index contributed by atoms with van der Waals surface area (Å²) in [5, 5.41) is 13.8. The predicted octanol–water partition coefficient (Wildman–Crippen LogP) is 2.64. The number of aromatic nitrogens is 1. The molecule has 0 bridgehead atoms. The number of nitrogens with zero attached hydrogens (tertiary/aromatic N) is 2. The number of amides is 1. The lowest BCUT2D eigenvalue weighted by Gasteiger charge is -2.04. The highest BCUT2D eigenvalue weighted by molar-refractivity contribution is 7.98. The molecule has 6 nitrogen and oxygen atoms in total. The molecule has 0 aliphatic rings. The monoisotopic (exact) mass is 303 g/mol. The summed E-state index contributed by atoms with van der Waals surface area (Å²) in [4.78, 5) is 26.1. The van der Waals surface area contributed by atoms with Gasteiger partial charge < -0.3 is 5.32 Å². The first-order chi connectivity index (χ1) is 10.1. The zero-order chi connectivity index (χ0) is 15.2. The Hall–Kier alpha value is -2.41. The van der Waals surface area contributed by atoms with E-state index in [1.54, 1.807) is 0 Å². The van der Waals surface area contributed by atoms with Crippen LogP contribution in [0.15, 0.2) is 47.6 Å². The fraction of sp³-hybridized carbons (Fsp3) is 0.143. The Morgan fingerprint density at radius 3 is 2.71 bits per heavy atom. The zero-order valence-electron chi connectivity index (χ0n) is 11.3. The number of benzene rings is 1. The normalized spacial score (nSPS) is 10.1. The molecule has 0 aliphatic heterocycles. The molecule has 2 rings (SSSR count). The van der Waals surface area contributed by atoms with Gasteiger partial charge in [0.2, 0.25) is 0 Å². The van der Waals surface area contributed by atoms with E-state index in [0.717, 1.165) is 5.56 Å². The highest BCUT2D eigenvalue weighted by atomic mass is 32.2. The lowest BCUT2D eigenvalue weighted by atomic mass is 10.2. The number of nitrogens with one attached hydrogen (secondary N) is 1. The van der Waals surface area contributed by atoms with E-state index in [2.05, 4.69) is 10.3 Å². The standard InChI is InChI=1S/C14H13N3O3S/c1-15-13(18)11-7-12(17(19)20)14(16-8-11)21-9-10-5-3-2-4-6-10/h2-8H,9H2,1H3,(H,15,18). The molecule has 108 valence electrons. The molecule has 1 amide bonds. The molecule has 7 heteroatoms. The molecule has 0 atom stereocenters. The number of rotatable bonds is 5. The molecule has 0 unspecified atom stereocenters. The largest absolute Gasteiger partial charge is 0.355 e. The van der Waals surface area contributed by atoms with Crippen molar-refractivity contribution in [1.29, 1.82) is 0 Å². The van der Waals surface area contributed by atoms with E-state index in [-0.39, 0.29) is 11.3 Å². The number of pyridine rings is 1. The number of hydrogen-bond acceptors (Lipinski definition) is 5. The molecule has 0 saturated carbocycles. The quantitative estimate of drug-likeness (QED) is 0.521. The first-order valence-electron chi connectivity index (χ1n) is 6.15. The maximum atomic E-state index is 11.5. The smallest absolute Gasteiger partial charge is 0.302 e. The van der Waals surface area contributed by atoms with Crippen LogP contribution in [0.3, 0.4) is 0 Å². The number of hydrogen-bond donors (Lipinski definition) is 1. The van der Waals surface area contributed by atoms with Gasteiger partial charge in [-0.05, 0) is 5.56 Å². The van der Waals surface area contributed by atoms with E-state index in [0.29, 0.717) is 10.8 Å². The molecule has 1 aromatic carbocycles. The van der Waals surface area contributed by atoms with Gasteiger partial charge >= 0.3 is 5.69 Å². The number of nitro groups is 1.